The minimum atomic E-state index is -0.459. The van der Waals surface area contributed by atoms with E-state index < -0.39 is 5.97 Å². The fourth-order valence-electron chi connectivity index (χ4n) is 2.30. The molecule has 1 aliphatic rings. The highest BCUT2D eigenvalue weighted by molar-refractivity contribution is 5.93. The molecule has 4 heteroatoms. The molecule has 2 rings (SSSR count). The molecule has 3 N–H and O–H groups in total. The fraction of sp³-hybridized carbons (Fsp3) is 0.500. The number of phenolic OH excluding ortho intramolecular Hbond substituents is 1. The summed E-state index contributed by atoms with van der Waals surface area (Å²) >= 11 is 0. The SMILES string of the molecule is Nc1ccc(C(=O)OC2CCCCCC2)c(O)c1. The van der Waals surface area contributed by atoms with Gasteiger partial charge in [-0.1, -0.05) is 12.8 Å². The molecule has 0 atom stereocenters. The quantitative estimate of drug-likeness (QED) is 0.480. The Hall–Kier alpha value is -1.71. The van der Waals surface area contributed by atoms with Gasteiger partial charge in [-0.15, -0.1) is 0 Å². The number of hydrogen-bond acceptors (Lipinski definition) is 4. The van der Waals surface area contributed by atoms with Crippen LogP contribution in [0, 0.1) is 0 Å². The van der Waals surface area contributed by atoms with Crippen LogP contribution in [0.3, 0.4) is 0 Å². The van der Waals surface area contributed by atoms with Crippen LogP contribution in [-0.4, -0.2) is 17.2 Å². The lowest BCUT2D eigenvalue weighted by molar-refractivity contribution is 0.0264. The molecule has 0 aromatic heterocycles. The molecule has 18 heavy (non-hydrogen) atoms. The van der Waals surface area contributed by atoms with E-state index in [1.165, 1.54) is 25.0 Å². The molecule has 98 valence electrons. The molecule has 0 aliphatic heterocycles. The number of nitrogen functional groups attached to an aromatic ring is 1. The minimum absolute atomic E-state index is 0.0167. The van der Waals surface area contributed by atoms with Crippen molar-refractivity contribution >= 4 is 11.7 Å². The van der Waals surface area contributed by atoms with Crippen molar-refractivity contribution in [2.75, 3.05) is 5.73 Å². The van der Waals surface area contributed by atoms with Gasteiger partial charge in [-0.3, -0.25) is 0 Å². The molecule has 1 aromatic carbocycles. The van der Waals surface area contributed by atoms with Crippen molar-refractivity contribution in [3.63, 3.8) is 0 Å². The van der Waals surface area contributed by atoms with Crippen molar-refractivity contribution in [1.82, 2.24) is 0 Å². The van der Waals surface area contributed by atoms with Crippen molar-refractivity contribution in [3.8, 4) is 5.75 Å². The molecule has 0 bridgehead atoms. The van der Waals surface area contributed by atoms with Crippen molar-refractivity contribution in [3.05, 3.63) is 23.8 Å². The smallest absolute Gasteiger partial charge is 0.342 e. The average molecular weight is 249 g/mol. The maximum Gasteiger partial charge on any atom is 0.342 e. The highest BCUT2D eigenvalue weighted by Gasteiger charge is 2.19. The van der Waals surface area contributed by atoms with Crippen molar-refractivity contribution in [1.29, 1.82) is 0 Å². The zero-order chi connectivity index (χ0) is 13.0. The number of nitrogens with two attached hydrogens (primary N) is 1. The number of hydrogen-bond donors (Lipinski definition) is 2. The van der Waals surface area contributed by atoms with Gasteiger partial charge < -0.3 is 15.6 Å². The third-order valence-corrected chi connectivity index (χ3v) is 3.32. The Labute approximate surface area is 107 Å². The summed E-state index contributed by atoms with van der Waals surface area (Å²) in [5, 5.41) is 9.67. The van der Waals surface area contributed by atoms with Crippen molar-refractivity contribution < 1.29 is 14.6 Å². The summed E-state index contributed by atoms with van der Waals surface area (Å²) in [6.07, 6.45) is 6.44. The van der Waals surface area contributed by atoms with Gasteiger partial charge >= 0.3 is 5.97 Å². The second-order valence-electron chi connectivity index (χ2n) is 4.80. The monoisotopic (exact) mass is 249 g/mol. The van der Waals surface area contributed by atoms with Gasteiger partial charge in [0.25, 0.3) is 0 Å². The Morgan fingerprint density at radius 2 is 1.89 bits per heavy atom. The van der Waals surface area contributed by atoms with Crippen LogP contribution in [0.15, 0.2) is 18.2 Å². The first-order valence-corrected chi connectivity index (χ1v) is 6.46. The number of anilines is 1. The number of rotatable bonds is 2. The number of carbonyl (C=O) groups excluding carboxylic acids is 1. The van der Waals surface area contributed by atoms with Gasteiger partial charge in [0.1, 0.15) is 17.4 Å². The summed E-state index contributed by atoms with van der Waals surface area (Å²) in [5.41, 5.74) is 6.14. The zero-order valence-corrected chi connectivity index (χ0v) is 10.4. The largest absolute Gasteiger partial charge is 0.507 e. The molecule has 1 aliphatic carbocycles. The van der Waals surface area contributed by atoms with E-state index in [9.17, 15) is 9.90 Å². The molecular weight excluding hydrogens is 230 g/mol. The van der Waals surface area contributed by atoms with Crippen LogP contribution in [0.4, 0.5) is 5.69 Å². The van der Waals surface area contributed by atoms with Crippen LogP contribution in [0.1, 0.15) is 48.9 Å². The molecule has 0 heterocycles. The van der Waals surface area contributed by atoms with Crippen LogP contribution in [-0.2, 0) is 4.74 Å². The van der Waals surface area contributed by atoms with Crippen LogP contribution in [0.25, 0.3) is 0 Å². The number of benzene rings is 1. The standard InChI is InChI=1S/C14H19NO3/c15-10-7-8-12(13(16)9-10)14(17)18-11-5-3-1-2-4-6-11/h7-9,11,16H,1-6,15H2. The summed E-state index contributed by atoms with van der Waals surface area (Å²) in [6.45, 7) is 0. The van der Waals surface area contributed by atoms with E-state index in [1.807, 2.05) is 0 Å². The lowest BCUT2D eigenvalue weighted by atomic mass is 10.1. The molecule has 0 saturated heterocycles. The maximum atomic E-state index is 11.9. The molecule has 1 saturated carbocycles. The second kappa shape index (κ2) is 5.76. The molecule has 1 fully saturated rings. The van der Waals surface area contributed by atoms with E-state index in [2.05, 4.69) is 0 Å². The fourth-order valence-corrected chi connectivity index (χ4v) is 2.30. The van der Waals surface area contributed by atoms with Gasteiger partial charge in [0, 0.05) is 11.8 Å². The van der Waals surface area contributed by atoms with Gasteiger partial charge in [0.2, 0.25) is 0 Å². The van der Waals surface area contributed by atoms with Crippen LogP contribution in [0.2, 0.25) is 0 Å². The topological polar surface area (TPSA) is 72.6 Å². The highest BCUT2D eigenvalue weighted by atomic mass is 16.5. The first kappa shape index (κ1) is 12.7. The molecule has 0 amide bonds. The number of esters is 1. The third kappa shape index (κ3) is 3.15. The molecule has 1 aromatic rings. The Balaban J connectivity index is 2.02. The summed E-state index contributed by atoms with van der Waals surface area (Å²) in [6, 6.07) is 4.46. The van der Waals surface area contributed by atoms with E-state index in [0.717, 1.165) is 25.7 Å². The Morgan fingerprint density at radius 1 is 1.22 bits per heavy atom. The van der Waals surface area contributed by atoms with Crippen LogP contribution >= 0.6 is 0 Å². The normalized spacial score (nSPS) is 17.1. The first-order chi connectivity index (χ1) is 8.66. The minimum Gasteiger partial charge on any atom is -0.507 e. The third-order valence-electron chi connectivity index (χ3n) is 3.32. The number of phenols is 1. The lowest BCUT2D eigenvalue weighted by Gasteiger charge is -2.15. The highest BCUT2D eigenvalue weighted by Crippen LogP contribution is 2.24. The zero-order valence-electron chi connectivity index (χ0n) is 10.4. The van der Waals surface area contributed by atoms with Crippen molar-refractivity contribution in [2.45, 2.75) is 44.6 Å². The predicted molar refractivity (Wildman–Crippen MR) is 69.4 cm³/mol. The maximum absolute atomic E-state index is 11.9. The van der Waals surface area contributed by atoms with Gasteiger partial charge in [-0.25, -0.2) is 4.79 Å². The Bertz CT molecular complexity index is 423. The Kier molecular flexibility index (Phi) is 4.07. The van der Waals surface area contributed by atoms with E-state index in [1.54, 1.807) is 6.07 Å². The number of carbonyl (C=O) groups is 1. The number of ether oxygens (including phenoxy) is 1. The predicted octanol–water partition coefficient (Wildman–Crippen LogP) is 2.85. The molecule has 0 unspecified atom stereocenters. The molecule has 4 nitrogen and oxygen atoms in total. The van der Waals surface area contributed by atoms with Crippen LogP contribution < -0.4 is 5.73 Å². The Morgan fingerprint density at radius 3 is 2.50 bits per heavy atom. The molecular formula is C14H19NO3. The summed E-state index contributed by atoms with van der Waals surface area (Å²) in [7, 11) is 0. The van der Waals surface area contributed by atoms with E-state index in [4.69, 9.17) is 10.5 Å². The summed E-state index contributed by atoms with van der Waals surface area (Å²) in [5.74, 6) is -0.576. The number of aromatic hydroxyl groups is 1. The van der Waals surface area contributed by atoms with Gasteiger partial charge in [-0.2, -0.15) is 0 Å². The average Bonchev–Trinajstić information content (AvgIpc) is 2.57. The van der Waals surface area contributed by atoms with E-state index >= 15 is 0 Å². The van der Waals surface area contributed by atoms with Crippen molar-refractivity contribution in [2.24, 2.45) is 0 Å². The van der Waals surface area contributed by atoms with Crippen LogP contribution in [0.5, 0.6) is 5.75 Å². The van der Waals surface area contributed by atoms with E-state index in [-0.39, 0.29) is 17.4 Å². The van der Waals surface area contributed by atoms with E-state index in [0.29, 0.717) is 5.69 Å². The summed E-state index contributed by atoms with van der Waals surface area (Å²) in [4.78, 5) is 11.9. The van der Waals surface area contributed by atoms with Gasteiger partial charge in [0.15, 0.2) is 0 Å². The molecule has 0 spiro atoms. The lowest BCUT2D eigenvalue weighted by Crippen LogP contribution is -2.17. The first-order valence-electron chi connectivity index (χ1n) is 6.46. The second-order valence-corrected chi connectivity index (χ2v) is 4.80. The van der Waals surface area contributed by atoms with Gasteiger partial charge in [0.05, 0.1) is 0 Å². The molecule has 0 radical (unpaired) electrons. The van der Waals surface area contributed by atoms with Gasteiger partial charge in [-0.05, 0) is 37.8 Å². The summed E-state index contributed by atoms with van der Waals surface area (Å²) < 4.78 is 5.44.